The quantitative estimate of drug-likeness (QED) is 0.793. The van der Waals surface area contributed by atoms with Gasteiger partial charge < -0.3 is 9.84 Å². The zero-order chi connectivity index (χ0) is 17.1. The highest BCUT2D eigenvalue weighted by Gasteiger charge is 2.53. The second kappa shape index (κ2) is 5.59. The smallest absolute Gasteiger partial charge is 0.338 e. The molecule has 2 saturated carbocycles. The number of aliphatic hydroxyl groups excluding tert-OH is 1. The standard InChI is InChI=1S/C21H28O3/c1-12-15(20(23)24-3)6-7-16-17-5-4-13-10-14(22)8-9-21(13,2)19(17)11-18(12)16/h6-7,13-14,17,19,22H,4-5,8-11H2,1-3H3. The molecule has 0 radical (unpaired) electrons. The minimum atomic E-state index is -0.227. The van der Waals surface area contributed by atoms with Crippen LogP contribution in [0.5, 0.6) is 0 Å². The average molecular weight is 328 g/mol. The highest BCUT2D eigenvalue weighted by atomic mass is 16.5. The molecule has 1 aromatic rings. The molecular weight excluding hydrogens is 300 g/mol. The van der Waals surface area contributed by atoms with E-state index in [1.54, 1.807) is 0 Å². The van der Waals surface area contributed by atoms with Crippen molar-refractivity contribution < 1.29 is 14.6 Å². The Bertz CT molecular complexity index is 680. The SMILES string of the molecule is COC(=O)c1ccc2c(c1C)CC1C2CCC2CC(O)CCC21C. The van der Waals surface area contributed by atoms with Gasteiger partial charge in [0.15, 0.2) is 0 Å². The lowest BCUT2D eigenvalue weighted by Crippen LogP contribution is -2.46. The molecule has 5 unspecified atom stereocenters. The van der Waals surface area contributed by atoms with E-state index in [0.717, 1.165) is 36.8 Å². The number of aliphatic hydroxyl groups is 1. The van der Waals surface area contributed by atoms with Crippen LogP contribution in [0.3, 0.4) is 0 Å². The Hall–Kier alpha value is -1.35. The maximum atomic E-state index is 12.0. The molecule has 5 atom stereocenters. The average Bonchev–Trinajstić information content (AvgIpc) is 2.96. The molecule has 0 saturated heterocycles. The van der Waals surface area contributed by atoms with Crippen LogP contribution < -0.4 is 0 Å². The van der Waals surface area contributed by atoms with E-state index in [2.05, 4.69) is 19.9 Å². The third-order valence-corrected chi connectivity index (χ3v) is 7.53. The number of methoxy groups -OCH3 is 1. The number of benzene rings is 1. The van der Waals surface area contributed by atoms with Gasteiger partial charge in [-0.15, -0.1) is 0 Å². The molecular formula is C21H28O3. The van der Waals surface area contributed by atoms with Crippen molar-refractivity contribution in [1.29, 1.82) is 0 Å². The fourth-order valence-electron chi connectivity index (χ4n) is 6.07. The molecule has 3 aliphatic rings. The Kier molecular flexibility index (Phi) is 3.76. The molecule has 0 aromatic heterocycles. The van der Waals surface area contributed by atoms with Crippen LogP contribution in [0.25, 0.3) is 0 Å². The van der Waals surface area contributed by atoms with Crippen molar-refractivity contribution in [2.75, 3.05) is 7.11 Å². The predicted molar refractivity (Wildman–Crippen MR) is 93.1 cm³/mol. The van der Waals surface area contributed by atoms with E-state index in [1.165, 1.54) is 31.1 Å². The summed E-state index contributed by atoms with van der Waals surface area (Å²) in [5, 5.41) is 10.1. The van der Waals surface area contributed by atoms with Gasteiger partial charge in [0, 0.05) is 0 Å². The largest absolute Gasteiger partial charge is 0.465 e. The fraction of sp³-hybridized carbons (Fsp3) is 0.667. The van der Waals surface area contributed by atoms with Gasteiger partial charge in [-0.3, -0.25) is 0 Å². The minimum Gasteiger partial charge on any atom is -0.465 e. The third kappa shape index (κ3) is 2.17. The Morgan fingerprint density at radius 3 is 2.83 bits per heavy atom. The highest BCUT2D eigenvalue weighted by molar-refractivity contribution is 5.91. The summed E-state index contributed by atoms with van der Waals surface area (Å²) in [6.07, 6.45) is 6.49. The van der Waals surface area contributed by atoms with Gasteiger partial charge in [-0.05, 0) is 91.4 Å². The van der Waals surface area contributed by atoms with Gasteiger partial charge in [-0.1, -0.05) is 13.0 Å². The first kappa shape index (κ1) is 16.1. The molecule has 3 aliphatic carbocycles. The summed E-state index contributed by atoms with van der Waals surface area (Å²) in [5.74, 6) is 1.71. The van der Waals surface area contributed by atoms with Gasteiger partial charge in [0.05, 0.1) is 18.8 Å². The van der Waals surface area contributed by atoms with Gasteiger partial charge in [0.1, 0.15) is 0 Å². The molecule has 3 heteroatoms. The summed E-state index contributed by atoms with van der Waals surface area (Å²) in [6, 6.07) is 4.14. The van der Waals surface area contributed by atoms with Crippen molar-refractivity contribution in [3.05, 3.63) is 34.4 Å². The van der Waals surface area contributed by atoms with Gasteiger partial charge in [0.2, 0.25) is 0 Å². The second-order valence-corrected chi connectivity index (χ2v) is 8.42. The number of carbonyl (C=O) groups excluding carboxylic acids is 1. The van der Waals surface area contributed by atoms with Crippen LogP contribution in [0.1, 0.15) is 72.0 Å². The second-order valence-electron chi connectivity index (χ2n) is 8.42. The van der Waals surface area contributed by atoms with Crippen LogP contribution in [0.2, 0.25) is 0 Å². The zero-order valence-corrected chi connectivity index (χ0v) is 15.0. The van der Waals surface area contributed by atoms with Crippen LogP contribution in [0, 0.1) is 24.2 Å². The topological polar surface area (TPSA) is 46.5 Å². The van der Waals surface area contributed by atoms with Crippen molar-refractivity contribution >= 4 is 5.97 Å². The van der Waals surface area contributed by atoms with Crippen molar-refractivity contribution in [2.24, 2.45) is 17.3 Å². The fourth-order valence-corrected chi connectivity index (χ4v) is 6.07. The normalized spacial score (nSPS) is 37.3. The minimum absolute atomic E-state index is 0.101. The van der Waals surface area contributed by atoms with Gasteiger partial charge in [0.25, 0.3) is 0 Å². The zero-order valence-electron chi connectivity index (χ0n) is 15.0. The number of fused-ring (bicyclic) bond motifs is 5. The number of hydrogen-bond acceptors (Lipinski definition) is 3. The van der Waals surface area contributed by atoms with Crippen LogP contribution in [0.15, 0.2) is 12.1 Å². The van der Waals surface area contributed by atoms with Crippen molar-refractivity contribution in [1.82, 2.24) is 0 Å². The Labute approximate surface area is 144 Å². The van der Waals surface area contributed by atoms with Crippen LogP contribution in [-0.4, -0.2) is 24.3 Å². The molecule has 0 amide bonds. The Balaban J connectivity index is 1.71. The summed E-state index contributed by atoms with van der Waals surface area (Å²) >= 11 is 0. The monoisotopic (exact) mass is 328 g/mol. The molecule has 0 spiro atoms. The first-order chi connectivity index (χ1) is 11.5. The third-order valence-electron chi connectivity index (χ3n) is 7.53. The van der Waals surface area contributed by atoms with E-state index >= 15 is 0 Å². The molecule has 0 aliphatic heterocycles. The van der Waals surface area contributed by atoms with Gasteiger partial charge >= 0.3 is 5.97 Å². The Morgan fingerprint density at radius 2 is 2.08 bits per heavy atom. The van der Waals surface area contributed by atoms with Crippen LogP contribution in [0.4, 0.5) is 0 Å². The van der Waals surface area contributed by atoms with E-state index in [9.17, 15) is 9.90 Å². The van der Waals surface area contributed by atoms with Gasteiger partial charge in [-0.2, -0.15) is 0 Å². The lowest BCUT2D eigenvalue weighted by Gasteiger charge is -2.53. The van der Waals surface area contributed by atoms with Crippen molar-refractivity contribution in [3.8, 4) is 0 Å². The molecule has 2 fully saturated rings. The van der Waals surface area contributed by atoms with Crippen LogP contribution in [-0.2, 0) is 11.2 Å². The summed E-state index contributed by atoms with van der Waals surface area (Å²) in [7, 11) is 1.45. The number of ether oxygens (including phenoxy) is 1. The maximum Gasteiger partial charge on any atom is 0.338 e. The van der Waals surface area contributed by atoms with E-state index in [4.69, 9.17) is 4.74 Å². The van der Waals surface area contributed by atoms with E-state index in [0.29, 0.717) is 23.2 Å². The van der Waals surface area contributed by atoms with Crippen molar-refractivity contribution in [3.63, 3.8) is 0 Å². The summed E-state index contributed by atoms with van der Waals surface area (Å²) in [4.78, 5) is 12.0. The molecule has 0 bridgehead atoms. The number of esters is 1. The summed E-state index contributed by atoms with van der Waals surface area (Å²) in [5.41, 5.74) is 5.02. The molecule has 1 N–H and O–H groups in total. The molecule has 4 rings (SSSR count). The maximum absolute atomic E-state index is 12.0. The summed E-state index contributed by atoms with van der Waals surface area (Å²) < 4.78 is 4.95. The first-order valence-corrected chi connectivity index (χ1v) is 9.34. The predicted octanol–water partition coefficient (Wildman–Crippen LogP) is 4.00. The number of carbonyl (C=O) groups is 1. The van der Waals surface area contributed by atoms with Crippen molar-refractivity contribution in [2.45, 2.75) is 64.4 Å². The summed E-state index contributed by atoms with van der Waals surface area (Å²) in [6.45, 7) is 4.54. The van der Waals surface area contributed by atoms with Crippen LogP contribution >= 0.6 is 0 Å². The van der Waals surface area contributed by atoms with E-state index in [-0.39, 0.29) is 12.1 Å². The van der Waals surface area contributed by atoms with Gasteiger partial charge in [-0.25, -0.2) is 4.79 Å². The highest BCUT2D eigenvalue weighted by Crippen LogP contribution is 2.61. The molecule has 0 heterocycles. The number of hydrogen-bond donors (Lipinski definition) is 1. The molecule has 1 aromatic carbocycles. The molecule has 3 nitrogen and oxygen atoms in total. The lowest BCUT2D eigenvalue weighted by atomic mass is 9.52. The van der Waals surface area contributed by atoms with E-state index in [1.807, 2.05) is 6.07 Å². The number of rotatable bonds is 1. The van der Waals surface area contributed by atoms with E-state index < -0.39 is 0 Å². The first-order valence-electron chi connectivity index (χ1n) is 9.34. The molecule has 24 heavy (non-hydrogen) atoms. The Morgan fingerprint density at radius 1 is 1.29 bits per heavy atom. The molecule has 130 valence electrons. The lowest BCUT2D eigenvalue weighted by molar-refractivity contribution is -0.0508.